The summed E-state index contributed by atoms with van der Waals surface area (Å²) in [5, 5.41) is 10.0. The SMILES string of the molecule is C#C.CC(C)(C)c1cc(C(=O)N2/C=C\CN=C/C=C\C2)ccc1O. The van der Waals surface area contributed by atoms with Crippen molar-refractivity contribution >= 4 is 12.1 Å². The van der Waals surface area contributed by atoms with Gasteiger partial charge in [0.15, 0.2) is 0 Å². The summed E-state index contributed by atoms with van der Waals surface area (Å²) in [6.45, 7) is 7.08. The van der Waals surface area contributed by atoms with Crippen LogP contribution in [0.1, 0.15) is 36.7 Å². The van der Waals surface area contributed by atoms with Crippen LogP contribution in [0.2, 0.25) is 0 Å². The molecule has 1 aromatic rings. The number of rotatable bonds is 1. The van der Waals surface area contributed by atoms with E-state index in [1.807, 2.05) is 39.0 Å². The minimum atomic E-state index is -0.225. The van der Waals surface area contributed by atoms with E-state index < -0.39 is 0 Å². The summed E-state index contributed by atoms with van der Waals surface area (Å²) in [5.74, 6) is 0.130. The first kappa shape index (κ1) is 19.2. The van der Waals surface area contributed by atoms with Crippen LogP contribution in [-0.4, -0.2) is 35.2 Å². The number of hydrogen-bond acceptors (Lipinski definition) is 3. The van der Waals surface area contributed by atoms with Gasteiger partial charge in [0.05, 0.1) is 6.54 Å². The van der Waals surface area contributed by atoms with Gasteiger partial charge < -0.3 is 10.0 Å². The molecule has 0 saturated heterocycles. The van der Waals surface area contributed by atoms with Crippen molar-refractivity contribution in [1.29, 1.82) is 0 Å². The minimum Gasteiger partial charge on any atom is -0.508 e. The quantitative estimate of drug-likeness (QED) is 0.803. The number of hydrogen-bond donors (Lipinski definition) is 1. The van der Waals surface area contributed by atoms with Crippen molar-refractivity contribution in [1.82, 2.24) is 4.90 Å². The number of terminal acetylenes is 1. The molecule has 24 heavy (non-hydrogen) atoms. The van der Waals surface area contributed by atoms with E-state index in [9.17, 15) is 9.90 Å². The van der Waals surface area contributed by atoms with Crippen LogP contribution >= 0.6 is 0 Å². The first-order chi connectivity index (χ1) is 11.4. The van der Waals surface area contributed by atoms with Crippen LogP contribution in [0.3, 0.4) is 0 Å². The minimum absolute atomic E-state index is 0.0895. The molecular formula is C20H24N2O2. The highest BCUT2D eigenvalue weighted by atomic mass is 16.3. The van der Waals surface area contributed by atoms with Crippen LogP contribution in [-0.2, 0) is 5.41 Å². The fourth-order valence-electron chi connectivity index (χ4n) is 2.24. The highest BCUT2D eigenvalue weighted by Crippen LogP contribution is 2.31. The Balaban J connectivity index is 0.00000139. The molecule has 4 nitrogen and oxygen atoms in total. The van der Waals surface area contributed by atoms with Gasteiger partial charge in [-0.3, -0.25) is 9.79 Å². The topological polar surface area (TPSA) is 52.9 Å². The number of carbonyl (C=O) groups is 1. The maximum atomic E-state index is 12.7. The predicted octanol–water partition coefficient (Wildman–Crippen LogP) is 3.54. The number of benzene rings is 1. The number of amides is 1. The number of phenolic OH excluding ortho intramolecular Hbond substituents is 1. The number of nitrogens with zero attached hydrogens (tertiary/aromatic N) is 2. The highest BCUT2D eigenvalue weighted by molar-refractivity contribution is 5.95. The van der Waals surface area contributed by atoms with Crippen molar-refractivity contribution in [2.24, 2.45) is 4.99 Å². The molecule has 0 fully saturated rings. The van der Waals surface area contributed by atoms with Gasteiger partial charge in [-0.2, -0.15) is 0 Å². The lowest BCUT2D eigenvalue weighted by atomic mass is 9.85. The Kier molecular flexibility index (Phi) is 7.00. The Morgan fingerprint density at radius 3 is 2.62 bits per heavy atom. The molecule has 1 aromatic carbocycles. The van der Waals surface area contributed by atoms with Crippen molar-refractivity contribution in [3.05, 3.63) is 53.8 Å². The second-order valence-electron chi connectivity index (χ2n) is 6.27. The average Bonchev–Trinajstić information content (AvgIpc) is 2.69. The van der Waals surface area contributed by atoms with Gasteiger partial charge in [-0.1, -0.05) is 26.8 Å². The van der Waals surface area contributed by atoms with Crippen LogP contribution in [0.25, 0.3) is 0 Å². The van der Waals surface area contributed by atoms with Gasteiger partial charge in [0, 0.05) is 30.1 Å². The van der Waals surface area contributed by atoms with Gasteiger partial charge in [-0.15, -0.1) is 12.8 Å². The molecule has 126 valence electrons. The van der Waals surface area contributed by atoms with Crippen LogP contribution in [0.5, 0.6) is 5.75 Å². The number of phenols is 1. The Labute approximate surface area is 144 Å². The van der Waals surface area contributed by atoms with Crippen LogP contribution < -0.4 is 0 Å². The summed E-state index contributed by atoms with van der Waals surface area (Å²) in [7, 11) is 0. The molecule has 0 unspecified atom stereocenters. The van der Waals surface area contributed by atoms with E-state index in [1.54, 1.807) is 35.5 Å². The molecule has 0 aromatic heterocycles. The third kappa shape index (κ3) is 5.13. The monoisotopic (exact) mass is 324 g/mol. The summed E-state index contributed by atoms with van der Waals surface area (Å²) in [5.41, 5.74) is 1.11. The number of allylic oxidation sites excluding steroid dienone is 1. The number of carbonyl (C=O) groups excluding carboxylic acids is 1. The zero-order chi connectivity index (χ0) is 18.2. The maximum absolute atomic E-state index is 12.7. The van der Waals surface area contributed by atoms with Gasteiger partial charge in [-0.05, 0) is 35.8 Å². The van der Waals surface area contributed by atoms with E-state index in [-0.39, 0.29) is 17.1 Å². The van der Waals surface area contributed by atoms with Crippen molar-refractivity contribution in [2.75, 3.05) is 13.1 Å². The first-order valence-corrected chi connectivity index (χ1v) is 7.69. The van der Waals surface area contributed by atoms with E-state index >= 15 is 0 Å². The lowest BCUT2D eigenvalue weighted by molar-refractivity contribution is 0.0834. The smallest absolute Gasteiger partial charge is 0.258 e. The normalized spacial score (nSPS) is 16.8. The van der Waals surface area contributed by atoms with Crippen molar-refractivity contribution in [3.63, 3.8) is 0 Å². The van der Waals surface area contributed by atoms with Crippen LogP contribution in [0.4, 0.5) is 0 Å². The highest BCUT2D eigenvalue weighted by Gasteiger charge is 2.21. The molecule has 0 spiro atoms. The van der Waals surface area contributed by atoms with E-state index in [2.05, 4.69) is 17.8 Å². The molecule has 0 saturated carbocycles. The molecule has 0 atom stereocenters. The molecule has 1 aliphatic rings. The fourth-order valence-corrected chi connectivity index (χ4v) is 2.24. The summed E-state index contributed by atoms with van der Waals surface area (Å²) in [6, 6.07) is 5.03. The van der Waals surface area contributed by atoms with Crippen molar-refractivity contribution < 1.29 is 9.90 Å². The molecule has 0 aliphatic carbocycles. The van der Waals surface area contributed by atoms with Crippen molar-refractivity contribution in [2.45, 2.75) is 26.2 Å². The van der Waals surface area contributed by atoms with Crippen LogP contribution in [0, 0.1) is 12.8 Å². The standard InChI is InChI=1S/C18H22N2O2.C2H2/c1-18(2,3)15-13-14(7-8-16(15)21)17(22)20-11-5-4-9-19-10-6-12-20;1-2/h4-9,12-13,21H,10-11H2,1-3H3;1-2H/b5-4-,12-6-,19-9?;. The predicted molar refractivity (Wildman–Crippen MR) is 99.4 cm³/mol. The number of aliphatic imine (C=N–C) groups is 1. The maximum Gasteiger partial charge on any atom is 0.258 e. The molecule has 1 amide bonds. The molecule has 1 aliphatic heterocycles. The van der Waals surface area contributed by atoms with Gasteiger partial charge in [0.1, 0.15) is 5.75 Å². The van der Waals surface area contributed by atoms with E-state index in [1.165, 1.54) is 0 Å². The molecule has 1 heterocycles. The van der Waals surface area contributed by atoms with E-state index in [4.69, 9.17) is 0 Å². The third-order valence-electron chi connectivity index (χ3n) is 3.44. The molecule has 2 rings (SSSR count). The third-order valence-corrected chi connectivity index (χ3v) is 3.44. The van der Waals surface area contributed by atoms with Gasteiger partial charge >= 0.3 is 0 Å². The molecule has 0 bridgehead atoms. The summed E-state index contributed by atoms with van der Waals surface area (Å²) in [6.07, 6.45) is 17.1. The molecule has 0 radical (unpaired) electrons. The Bertz CT molecular complexity index is 677. The largest absolute Gasteiger partial charge is 0.508 e. The van der Waals surface area contributed by atoms with Gasteiger partial charge in [0.2, 0.25) is 0 Å². The first-order valence-electron chi connectivity index (χ1n) is 7.69. The van der Waals surface area contributed by atoms with Gasteiger partial charge in [-0.25, -0.2) is 0 Å². The summed E-state index contributed by atoms with van der Waals surface area (Å²) >= 11 is 0. The number of aromatic hydroxyl groups is 1. The van der Waals surface area contributed by atoms with Gasteiger partial charge in [0.25, 0.3) is 5.91 Å². The zero-order valence-corrected chi connectivity index (χ0v) is 14.4. The van der Waals surface area contributed by atoms with Crippen molar-refractivity contribution in [3.8, 4) is 18.6 Å². The summed E-state index contributed by atoms with van der Waals surface area (Å²) < 4.78 is 0. The fraction of sp³-hybridized carbons (Fsp3) is 0.300. The second kappa shape index (κ2) is 8.73. The summed E-state index contributed by atoms with van der Waals surface area (Å²) in [4.78, 5) is 18.5. The second-order valence-corrected chi connectivity index (χ2v) is 6.27. The van der Waals surface area contributed by atoms with E-state index in [0.717, 1.165) is 5.56 Å². The average molecular weight is 324 g/mol. The Hall–Kier alpha value is -2.80. The Morgan fingerprint density at radius 1 is 1.25 bits per heavy atom. The van der Waals surface area contributed by atoms with Crippen LogP contribution in [0.15, 0.2) is 47.6 Å². The molecule has 4 heteroatoms. The lowest BCUT2D eigenvalue weighted by Crippen LogP contribution is -2.26. The molecule has 1 N–H and O–H groups in total. The zero-order valence-electron chi connectivity index (χ0n) is 14.4. The van der Waals surface area contributed by atoms with E-state index in [0.29, 0.717) is 18.7 Å². The lowest BCUT2D eigenvalue weighted by Gasteiger charge is -2.22. The molecular weight excluding hydrogens is 300 g/mol. The Morgan fingerprint density at radius 2 is 1.96 bits per heavy atom.